The number of carbonyl (C=O) groups excluding carboxylic acids is 1. The molecule has 0 spiro atoms. The Morgan fingerprint density at radius 3 is 2.50 bits per heavy atom. The number of nitrogens with one attached hydrogen (secondary N) is 2. The fourth-order valence-electron chi connectivity index (χ4n) is 1.13. The predicted molar refractivity (Wildman–Crippen MR) is 72.2 cm³/mol. The molecule has 1 aromatic carbocycles. The van der Waals surface area contributed by atoms with Gasteiger partial charge < -0.3 is 11.1 Å². The summed E-state index contributed by atoms with van der Waals surface area (Å²) >= 11 is 5.89. The Hall–Kier alpha value is -1.31. The van der Waals surface area contributed by atoms with Crippen LogP contribution in [0, 0.1) is 0 Å². The summed E-state index contributed by atoms with van der Waals surface area (Å²) in [6.07, 6.45) is 1.02. The summed E-state index contributed by atoms with van der Waals surface area (Å²) in [5.41, 5.74) is 6.09. The zero-order valence-corrected chi connectivity index (χ0v) is 11.5. The molecule has 1 atom stereocenters. The molecular formula is C10H14ClN3O3S. The van der Waals surface area contributed by atoms with Crippen molar-refractivity contribution in [1.82, 2.24) is 0 Å². The molecule has 0 fully saturated rings. The van der Waals surface area contributed by atoms with Crippen LogP contribution in [0.2, 0.25) is 5.02 Å². The Balaban J connectivity index is 2.89. The second-order valence-corrected chi connectivity index (χ2v) is 6.00. The first kappa shape index (κ1) is 14.7. The van der Waals surface area contributed by atoms with E-state index in [4.69, 9.17) is 17.3 Å². The molecule has 0 unspecified atom stereocenters. The quantitative estimate of drug-likeness (QED) is 0.770. The summed E-state index contributed by atoms with van der Waals surface area (Å²) in [7, 11) is -3.39. The van der Waals surface area contributed by atoms with Gasteiger partial charge in [0.1, 0.15) is 0 Å². The molecule has 1 amide bonds. The largest absolute Gasteiger partial charge is 0.325 e. The fourth-order valence-corrected chi connectivity index (χ4v) is 1.99. The maximum Gasteiger partial charge on any atom is 0.240 e. The van der Waals surface area contributed by atoms with Crippen molar-refractivity contribution in [1.29, 1.82) is 0 Å². The summed E-state index contributed by atoms with van der Waals surface area (Å²) < 4.78 is 24.4. The Bertz CT molecular complexity index is 557. The van der Waals surface area contributed by atoms with Crippen LogP contribution in [0.25, 0.3) is 0 Å². The highest BCUT2D eigenvalue weighted by Gasteiger charge is 2.10. The molecule has 1 rings (SSSR count). The number of hydrogen-bond donors (Lipinski definition) is 3. The van der Waals surface area contributed by atoms with Crippen LogP contribution in [0.1, 0.15) is 6.92 Å². The van der Waals surface area contributed by atoms with Crippen molar-refractivity contribution >= 4 is 38.9 Å². The van der Waals surface area contributed by atoms with E-state index in [-0.39, 0.29) is 16.6 Å². The molecule has 0 aliphatic rings. The minimum Gasteiger partial charge on any atom is -0.325 e. The lowest BCUT2D eigenvalue weighted by molar-refractivity contribution is -0.117. The SMILES string of the molecule is C[C@H](N)C(=O)Nc1ccc(NS(C)(=O)=O)c(Cl)c1. The zero-order valence-electron chi connectivity index (χ0n) is 9.90. The molecular weight excluding hydrogens is 278 g/mol. The summed E-state index contributed by atoms with van der Waals surface area (Å²) in [4.78, 5) is 11.3. The molecule has 6 nitrogen and oxygen atoms in total. The first-order valence-corrected chi connectivity index (χ1v) is 7.30. The third kappa shape index (κ3) is 4.52. The first-order valence-electron chi connectivity index (χ1n) is 5.03. The van der Waals surface area contributed by atoms with E-state index in [0.29, 0.717) is 5.69 Å². The summed E-state index contributed by atoms with van der Waals surface area (Å²) in [5, 5.41) is 2.73. The first-order chi connectivity index (χ1) is 8.19. The van der Waals surface area contributed by atoms with Gasteiger partial charge in [0.2, 0.25) is 15.9 Å². The van der Waals surface area contributed by atoms with Crippen LogP contribution in [0.4, 0.5) is 11.4 Å². The maximum atomic E-state index is 11.3. The normalized spacial score (nSPS) is 12.9. The molecule has 18 heavy (non-hydrogen) atoms. The number of benzene rings is 1. The van der Waals surface area contributed by atoms with Gasteiger partial charge in [-0.2, -0.15) is 0 Å². The van der Waals surface area contributed by atoms with E-state index in [1.54, 1.807) is 6.92 Å². The average Bonchev–Trinajstić information content (AvgIpc) is 2.20. The highest BCUT2D eigenvalue weighted by Crippen LogP contribution is 2.26. The number of carbonyl (C=O) groups is 1. The van der Waals surface area contributed by atoms with Crippen molar-refractivity contribution in [3.8, 4) is 0 Å². The lowest BCUT2D eigenvalue weighted by Crippen LogP contribution is -2.32. The summed E-state index contributed by atoms with van der Waals surface area (Å²) in [5.74, 6) is -0.352. The monoisotopic (exact) mass is 291 g/mol. The Morgan fingerprint density at radius 1 is 1.44 bits per heavy atom. The molecule has 0 aromatic heterocycles. The van der Waals surface area contributed by atoms with E-state index in [0.717, 1.165) is 6.26 Å². The van der Waals surface area contributed by atoms with E-state index in [1.807, 2.05) is 0 Å². The van der Waals surface area contributed by atoms with Crippen molar-refractivity contribution in [2.24, 2.45) is 5.73 Å². The Morgan fingerprint density at radius 2 is 2.06 bits per heavy atom. The minimum absolute atomic E-state index is 0.183. The molecule has 0 saturated carbocycles. The molecule has 4 N–H and O–H groups in total. The van der Waals surface area contributed by atoms with E-state index >= 15 is 0 Å². The predicted octanol–water partition coefficient (Wildman–Crippen LogP) is 0.997. The van der Waals surface area contributed by atoms with Crippen molar-refractivity contribution in [3.63, 3.8) is 0 Å². The summed E-state index contributed by atoms with van der Waals surface area (Å²) in [6.45, 7) is 1.55. The molecule has 100 valence electrons. The van der Waals surface area contributed by atoms with E-state index < -0.39 is 16.1 Å². The molecule has 0 aliphatic heterocycles. The van der Waals surface area contributed by atoms with Gasteiger partial charge in [0.05, 0.1) is 23.0 Å². The fraction of sp³-hybridized carbons (Fsp3) is 0.300. The second kappa shape index (κ2) is 5.55. The standard InChI is InChI=1S/C10H14ClN3O3S/c1-6(12)10(15)13-7-3-4-9(8(11)5-7)14-18(2,16)17/h3-6,14H,12H2,1-2H3,(H,13,15)/t6-/m0/s1. The lowest BCUT2D eigenvalue weighted by Gasteiger charge is -2.10. The van der Waals surface area contributed by atoms with Gasteiger partial charge in [0, 0.05) is 5.69 Å². The Labute approximate surface area is 111 Å². The van der Waals surface area contributed by atoms with Gasteiger partial charge in [-0.15, -0.1) is 0 Å². The van der Waals surface area contributed by atoms with E-state index in [1.165, 1.54) is 18.2 Å². The average molecular weight is 292 g/mol. The number of amides is 1. The number of sulfonamides is 1. The van der Waals surface area contributed by atoms with E-state index in [2.05, 4.69) is 10.0 Å². The summed E-state index contributed by atoms with van der Waals surface area (Å²) in [6, 6.07) is 3.78. The number of nitrogens with two attached hydrogens (primary N) is 1. The topological polar surface area (TPSA) is 101 Å². The van der Waals surface area contributed by atoms with Gasteiger partial charge in [0.25, 0.3) is 0 Å². The van der Waals surface area contributed by atoms with Crippen LogP contribution >= 0.6 is 11.6 Å². The van der Waals surface area contributed by atoms with Crippen molar-refractivity contribution in [3.05, 3.63) is 23.2 Å². The molecule has 0 aliphatic carbocycles. The van der Waals surface area contributed by atoms with Crippen LogP contribution in [-0.2, 0) is 14.8 Å². The molecule has 1 aromatic rings. The minimum atomic E-state index is -3.39. The van der Waals surface area contributed by atoms with E-state index in [9.17, 15) is 13.2 Å². The molecule has 0 bridgehead atoms. The highest BCUT2D eigenvalue weighted by atomic mass is 35.5. The smallest absolute Gasteiger partial charge is 0.240 e. The van der Waals surface area contributed by atoms with Crippen LogP contribution in [-0.4, -0.2) is 26.6 Å². The van der Waals surface area contributed by atoms with Crippen molar-refractivity contribution < 1.29 is 13.2 Å². The van der Waals surface area contributed by atoms with Gasteiger partial charge in [-0.05, 0) is 25.1 Å². The third-order valence-electron chi connectivity index (χ3n) is 1.95. The maximum absolute atomic E-state index is 11.3. The second-order valence-electron chi connectivity index (χ2n) is 3.85. The zero-order chi connectivity index (χ0) is 13.9. The van der Waals surface area contributed by atoms with Crippen LogP contribution in [0.5, 0.6) is 0 Å². The van der Waals surface area contributed by atoms with Gasteiger partial charge in [0.15, 0.2) is 0 Å². The Kier molecular flexibility index (Phi) is 4.55. The number of halogens is 1. The molecule has 0 heterocycles. The lowest BCUT2D eigenvalue weighted by atomic mass is 10.2. The number of rotatable bonds is 4. The van der Waals surface area contributed by atoms with Gasteiger partial charge in [-0.3, -0.25) is 9.52 Å². The highest BCUT2D eigenvalue weighted by molar-refractivity contribution is 7.92. The van der Waals surface area contributed by atoms with Gasteiger partial charge >= 0.3 is 0 Å². The van der Waals surface area contributed by atoms with Crippen molar-refractivity contribution in [2.75, 3.05) is 16.3 Å². The van der Waals surface area contributed by atoms with Crippen molar-refractivity contribution in [2.45, 2.75) is 13.0 Å². The third-order valence-corrected chi connectivity index (χ3v) is 2.85. The van der Waals surface area contributed by atoms with Crippen LogP contribution < -0.4 is 15.8 Å². The molecule has 0 saturated heterocycles. The van der Waals surface area contributed by atoms with Gasteiger partial charge in [-0.25, -0.2) is 8.42 Å². The van der Waals surface area contributed by atoms with Gasteiger partial charge in [-0.1, -0.05) is 11.6 Å². The van der Waals surface area contributed by atoms with Crippen LogP contribution in [0.3, 0.4) is 0 Å². The number of anilines is 2. The van der Waals surface area contributed by atoms with Crippen LogP contribution in [0.15, 0.2) is 18.2 Å². The number of hydrogen-bond acceptors (Lipinski definition) is 4. The molecule has 0 radical (unpaired) electrons. The molecule has 8 heteroatoms.